The van der Waals surface area contributed by atoms with E-state index in [4.69, 9.17) is 0 Å². The Bertz CT molecular complexity index is 987. The summed E-state index contributed by atoms with van der Waals surface area (Å²) in [4.78, 5) is 21.7. The number of rotatable bonds is 3. The zero-order valence-corrected chi connectivity index (χ0v) is 16.0. The number of carbonyl (C=O) groups is 1. The topological polar surface area (TPSA) is 36.4 Å². The third-order valence-corrected chi connectivity index (χ3v) is 6.22. The average molecular weight is 371 g/mol. The van der Waals surface area contributed by atoms with Gasteiger partial charge in [0.15, 0.2) is 0 Å². The van der Waals surface area contributed by atoms with Gasteiger partial charge >= 0.3 is 0 Å². The van der Waals surface area contributed by atoms with E-state index in [-0.39, 0.29) is 5.91 Å². The molecule has 0 aliphatic carbocycles. The van der Waals surface area contributed by atoms with Gasteiger partial charge in [0.2, 0.25) is 0 Å². The summed E-state index contributed by atoms with van der Waals surface area (Å²) in [6.45, 7) is 3.71. The highest BCUT2D eigenvalue weighted by Crippen LogP contribution is 2.30. The van der Waals surface area contributed by atoms with Crippen LogP contribution in [0.1, 0.15) is 28.8 Å². The molecule has 6 rings (SSSR count). The highest BCUT2D eigenvalue weighted by molar-refractivity contribution is 5.94. The van der Waals surface area contributed by atoms with E-state index < -0.39 is 0 Å². The Morgan fingerprint density at radius 1 is 0.964 bits per heavy atom. The third-order valence-electron chi connectivity index (χ3n) is 6.22. The van der Waals surface area contributed by atoms with Crippen molar-refractivity contribution in [3.8, 4) is 0 Å². The van der Waals surface area contributed by atoms with Gasteiger partial charge in [-0.25, -0.2) is 0 Å². The summed E-state index contributed by atoms with van der Waals surface area (Å²) in [6.07, 6.45) is 5.79. The van der Waals surface area contributed by atoms with Crippen molar-refractivity contribution in [3.63, 3.8) is 0 Å². The van der Waals surface area contributed by atoms with Gasteiger partial charge in [-0.3, -0.25) is 14.7 Å². The molecule has 0 unspecified atom stereocenters. The molecule has 142 valence electrons. The summed E-state index contributed by atoms with van der Waals surface area (Å²) in [6, 6.07) is 19.5. The largest absolute Gasteiger partial charge is 0.337 e. The maximum Gasteiger partial charge on any atom is 0.255 e. The van der Waals surface area contributed by atoms with Gasteiger partial charge in [0.25, 0.3) is 5.91 Å². The number of piperidine rings is 1. The van der Waals surface area contributed by atoms with E-state index in [9.17, 15) is 4.79 Å². The smallest absolute Gasteiger partial charge is 0.255 e. The second-order valence-electron chi connectivity index (χ2n) is 8.16. The number of benzene rings is 2. The summed E-state index contributed by atoms with van der Waals surface area (Å²) >= 11 is 0. The fraction of sp³-hybridized carbons (Fsp3) is 0.333. The molecule has 2 aromatic carbocycles. The summed E-state index contributed by atoms with van der Waals surface area (Å²) < 4.78 is 0. The van der Waals surface area contributed by atoms with Gasteiger partial charge in [0.05, 0.1) is 5.56 Å². The van der Waals surface area contributed by atoms with E-state index in [0.29, 0.717) is 17.5 Å². The summed E-state index contributed by atoms with van der Waals surface area (Å²) in [5.41, 5.74) is 2.06. The summed E-state index contributed by atoms with van der Waals surface area (Å²) in [5, 5.41) is 2.59. The van der Waals surface area contributed by atoms with E-state index in [2.05, 4.69) is 57.2 Å². The van der Waals surface area contributed by atoms with Crippen LogP contribution in [0.25, 0.3) is 10.8 Å². The Morgan fingerprint density at radius 3 is 2.71 bits per heavy atom. The van der Waals surface area contributed by atoms with Crippen LogP contribution >= 0.6 is 0 Å². The first-order valence-corrected chi connectivity index (χ1v) is 10.2. The quantitative estimate of drug-likeness (QED) is 0.699. The molecule has 0 N–H and O–H groups in total. The van der Waals surface area contributed by atoms with Crippen molar-refractivity contribution in [2.45, 2.75) is 25.4 Å². The van der Waals surface area contributed by atoms with Crippen LogP contribution in [0.15, 0.2) is 67.0 Å². The molecule has 3 aromatic rings. The highest BCUT2D eigenvalue weighted by Gasteiger charge is 2.36. The van der Waals surface area contributed by atoms with Gasteiger partial charge in [-0.1, -0.05) is 36.4 Å². The molecule has 1 aromatic heterocycles. The second kappa shape index (κ2) is 7.36. The number of aromatic nitrogens is 1. The van der Waals surface area contributed by atoms with Gasteiger partial charge in [-0.05, 0) is 53.3 Å². The number of amides is 1. The minimum absolute atomic E-state index is 0.123. The molecule has 0 spiro atoms. The lowest BCUT2D eigenvalue weighted by molar-refractivity contribution is 0.0735. The van der Waals surface area contributed by atoms with E-state index >= 15 is 0 Å². The van der Waals surface area contributed by atoms with Crippen LogP contribution in [0.4, 0.5) is 0 Å². The lowest BCUT2D eigenvalue weighted by atomic mass is 9.94. The fourth-order valence-electron chi connectivity index (χ4n) is 4.78. The number of fused-ring (bicyclic) bond motifs is 5. The minimum Gasteiger partial charge on any atom is -0.337 e. The molecule has 2 bridgehead atoms. The van der Waals surface area contributed by atoms with Crippen molar-refractivity contribution >= 4 is 16.7 Å². The molecular weight excluding hydrogens is 346 g/mol. The minimum atomic E-state index is 0.123. The Labute approximate surface area is 165 Å². The zero-order valence-electron chi connectivity index (χ0n) is 16.0. The molecule has 4 heterocycles. The molecular formula is C24H25N3O. The summed E-state index contributed by atoms with van der Waals surface area (Å²) in [5.74, 6) is 0.678. The first-order chi connectivity index (χ1) is 13.8. The Morgan fingerprint density at radius 2 is 1.86 bits per heavy atom. The van der Waals surface area contributed by atoms with Crippen LogP contribution in [0, 0.1) is 5.92 Å². The van der Waals surface area contributed by atoms with Crippen LogP contribution in [0.5, 0.6) is 0 Å². The van der Waals surface area contributed by atoms with Crippen LogP contribution in [0.2, 0.25) is 0 Å². The number of nitrogens with zero attached hydrogens (tertiary/aromatic N) is 3. The molecule has 3 aliphatic rings. The van der Waals surface area contributed by atoms with Gasteiger partial charge in [-0.2, -0.15) is 0 Å². The van der Waals surface area contributed by atoms with E-state index in [1.807, 2.05) is 12.1 Å². The van der Waals surface area contributed by atoms with Gasteiger partial charge in [0, 0.05) is 44.6 Å². The monoisotopic (exact) mass is 371 g/mol. The Kier molecular flexibility index (Phi) is 4.57. The van der Waals surface area contributed by atoms with E-state index in [1.54, 1.807) is 12.4 Å². The maximum atomic E-state index is 13.0. The van der Waals surface area contributed by atoms with Crippen LogP contribution in [0.3, 0.4) is 0 Å². The van der Waals surface area contributed by atoms with E-state index in [1.165, 1.54) is 29.2 Å². The molecule has 3 aliphatic heterocycles. The van der Waals surface area contributed by atoms with Crippen molar-refractivity contribution in [1.82, 2.24) is 14.8 Å². The van der Waals surface area contributed by atoms with Crippen molar-refractivity contribution in [3.05, 3.63) is 78.1 Å². The first kappa shape index (κ1) is 17.4. The highest BCUT2D eigenvalue weighted by atomic mass is 16.2. The van der Waals surface area contributed by atoms with Crippen molar-refractivity contribution < 1.29 is 4.79 Å². The Hall–Kier alpha value is -2.72. The molecule has 3 fully saturated rings. The average Bonchev–Trinajstić information content (AvgIpc) is 3.06. The number of pyridine rings is 1. The number of hydrogen-bond acceptors (Lipinski definition) is 3. The summed E-state index contributed by atoms with van der Waals surface area (Å²) in [7, 11) is 0. The van der Waals surface area contributed by atoms with Gasteiger partial charge in [-0.15, -0.1) is 0 Å². The molecule has 1 amide bonds. The molecule has 0 saturated carbocycles. The van der Waals surface area contributed by atoms with Crippen molar-refractivity contribution in [1.29, 1.82) is 0 Å². The lowest BCUT2D eigenvalue weighted by Crippen LogP contribution is -2.43. The molecule has 28 heavy (non-hydrogen) atoms. The van der Waals surface area contributed by atoms with Crippen molar-refractivity contribution in [2.24, 2.45) is 5.92 Å². The standard InChI is InChI=1S/C24H25N3O/c28-24(22-6-3-11-25-13-22)27-16-19-8-10-23(17-27)26(15-19)14-18-7-9-20-4-1-2-5-21(20)12-18/h1-7,9,11-13,19,23H,8,10,14-17H2/t19-,23-/m0/s1. The van der Waals surface area contributed by atoms with Gasteiger partial charge in [0.1, 0.15) is 0 Å². The van der Waals surface area contributed by atoms with Crippen LogP contribution in [-0.2, 0) is 6.54 Å². The molecule has 2 atom stereocenters. The van der Waals surface area contributed by atoms with Crippen LogP contribution in [-0.4, -0.2) is 46.4 Å². The fourth-order valence-corrected chi connectivity index (χ4v) is 4.78. The van der Waals surface area contributed by atoms with Crippen molar-refractivity contribution in [2.75, 3.05) is 19.6 Å². The van der Waals surface area contributed by atoms with E-state index in [0.717, 1.165) is 26.2 Å². The second-order valence-corrected chi connectivity index (χ2v) is 8.16. The molecule has 0 radical (unpaired) electrons. The zero-order chi connectivity index (χ0) is 18.9. The number of hydrogen-bond donors (Lipinski definition) is 0. The third kappa shape index (κ3) is 3.40. The van der Waals surface area contributed by atoms with Gasteiger partial charge < -0.3 is 4.90 Å². The molecule has 3 saturated heterocycles. The molecule has 4 heteroatoms. The first-order valence-electron chi connectivity index (χ1n) is 10.2. The maximum absolute atomic E-state index is 13.0. The Balaban J connectivity index is 1.34. The SMILES string of the molecule is O=C(c1cccnc1)N1C[C@H]2CC[C@@H](C1)N(Cc1ccc3ccccc3c1)C2. The lowest BCUT2D eigenvalue weighted by Gasteiger charge is -2.36. The number of carbonyl (C=O) groups excluding carboxylic acids is 1. The predicted molar refractivity (Wildman–Crippen MR) is 111 cm³/mol. The van der Waals surface area contributed by atoms with Crippen LogP contribution < -0.4 is 0 Å². The normalized spacial score (nSPS) is 22.4. The predicted octanol–water partition coefficient (Wildman–Crippen LogP) is 3.97. The molecule has 4 nitrogen and oxygen atoms in total.